The highest BCUT2D eigenvalue weighted by Crippen LogP contribution is 2.26. The first-order valence-corrected chi connectivity index (χ1v) is 8.65. The topological polar surface area (TPSA) is 71.8 Å². The van der Waals surface area contributed by atoms with Crippen LogP contribution in [0.1, 0.15) is 19.3 Å². The maximum atomic E-state index is 12.0. The fraction of sp³-hybridized carbons (Fsp3) is 0.438. The standard InChI is InChI=1S/C16H21N5OS.ClH/c1-21-11-18-20-16(21)23-14-5-3-13(4-6-14)19-15(22)7-2-12-8-9-17-10-12;/h3-6,11-12,17H,2,7-10H2,1H3,(H,19,22);1H. The second-order valence-corrected chi connectivity index (χ2v) is 6.84. The fourth-order valence-corrected chi connectivity index (χ4v) is 3.36. The van der Waals surface area contributed by atoms with Crippen LogP contribution in [0.3, 0.4) is 0 Å². The van der Waals surface area contributed by atoms with Gasteiger partial charge < -0.3 is 15.2 Å². The van der Waals surface area contributed by atoms with Crippen LogP contribution in [0.5, 0.6) is 0 Å². The van der Waals surface area contributed by atoms with Gasteiger partial charge in [0.05, 0.1) is 0 Å². The van der Waals surface area contributed by atoms with Gasteiger partial charge in [-0.25, -0.2) is 0 Å². The molecule has 1 aliphatic heterocycles. The van der Waals surface area contributed by atoms with E-state index in [1.807, 2.05) is 35.9 Å². The molecule has 0 aliphatic carbocycles. The number of halogens is 1. The molecular weight excluding hydrogens is 346 g/mol. The van der Waals surface area contributed by atoms with Crippen LogP contribution < -0.4 is 10.6 Å². The molecule has 0 bridgehead atoms. The van der Waals surface area contributed by atoms with Gasteiger partial charge in [0.25, 0.3) is 0 Å². The van der Waals surface area contributed by atoms with E-state index in [-0.39, 0.29) is 18.3 Å². The van der Waals surface area contributed by atoms with E-state index in [2.05, 4.69) is 20.8 Å². The van der Waals surface area contributed by atoms with Crippen LogP contribution in [-0.2, 0) is 11.8 Å². The second kappa shape index (κ2) is 9.05. The number of anilines is 1. The molecule has 1 saturated heterocycles. The molecule has 1 atom stereocenters. The van der Waals surface area contributed by atoms with E-state index < -0.39 is 0 Å². The summed E-state index contributed by atoms with van der Waals surface area (Å²) >= 11 is 1.55. The normalized spacial score (nSPS) is 16.6. The van der Waals surface area contributed by atoms with Crippen LogP contribution >= 0.6 is 24.2 Å². The van der Waals surface area contributed by atoms with Crippen molar-refractivity contribution in [3.8, 4) is 0 Å². The highest BCUT2D eigenvalue weighted by atomic mass is 35.5. The number of nitrogens with one attached hydrogen (secondary N) is 2. The summed E-state index contributed by atoms with van der Waals surface area (Å²) in [6, 6.07) is 7.81. The number of hydrogen-bond acceptors (Lipinski definition) is 5. The van der Waals surface area contributed by atoms with Gasteiger partial charge in [0.1, 0.15) is 6.33 Å². The highest BCUT2D eigenvalue weighted by Gasteiger charge is 2.15. The molecule has 2 aromatic rings. The van der Waals surface area contributed by atoms with Gasteiger partial charge in [-0.3, -0.25) is 4.79 Å². The molecule has 1 fully saturated rings. The molecule has 1 amide bonds. The van der Waals surface area contributed by atoms with Gasteiger partial charge in [-0.1, -0.05) is 0 Å². The lowest BCUT2D eigenvalue weighted by Gasteiger charge is -2.09. The van der Waals surface area contributed by atoms with Crippen LogP contribution in [0.25, 0.3) is 0 Å². The molecule has 130 valence electrons. The lowest BCUT2D eigenvalue weighted by atomic mass is 10.0. The molecule has 6 nitrogen and oxygen atoms in total. The zero-order chi connectivity index (χ0) is 16.1. The van der Waals surface area contributed by atoms with Crippen molar-refractivity contribution in [3.05, 3.63) is 30.6 Å². The van der Waals surface area contributed by atoms with Gasteiger partial charge in [0.15, 0.2) is 5.16 Å². The predicted octanol–water partition coefficient (Wildman–Crippen LogP) is 2.72. The Morgan fingerprint density at radius 3 is 2.83 bits per heavy atom. The van der Waals surface area contributed by atoms with Gasteiger partial charge in [-0.05, 0) is 67.9 Å². The summed E-state index contributed by atoms with van der Waals surface area (Å²) in [5, 5.41) is 15.0. The van der Waals surface area contributed by atoms with Crippen molar-refractivity contribution < 1.29 is 4.79 Å². The highest BCUT2D eigenvalue weighted by molar-refractivity contribution is 7.99. The van der Waals surface area contributed by atoms with Crippen LogP contribution in [0.2, 0.25) is 0 Å². The van der Waals surface area contributed by atoms with Crippen molar-refractivity contribution in [1.29, 1.82) is 0 Å². The summed E-state index contributed by atoms with van der Waals surface area (Å²) in [6.45, 7) is 2.12. The van der Waals surface area contributed by atoms with Crippen molar-refractivity contribution >= 4 is 35.8 Å². The van der Waals surface area contributed by atoms with E-state index in [0.29, 0.717) is 12.3 Å². The number of rotatable bonds is 6. The van der Waals surface area contributed by atoms with Crippen molar-refractivity contribution in [2.45, 2.75) is 29.3 Å². The third-order valence-electron chi connectivity index (χ3n) is 3.96. The summed E-state index contributed by atoms with van der Waals surface area (Å²) < 4.78 is 1.87. The minimum absolute atomic E-state index is 0. The van der Waals surface area contributed by atoms with Crippen molar-refractivity contribution in [1.82, 2.24) is 20.1 Å². The molecule has 1 aromatic carbocycles. The summed E-state index contributed by atoms with van der Waals surface area (Å²) in [4.78, 5) is 13.1. The van der Waals surface area contributed by atoms with Crippen molar-refractivity contribution in [3.63, 3.8) is 0 Å². The summed E-state index contributed by atoms with van der Waals surface area (Å²) in [7, 11) is 1.91. The Kier molecular flexibility index (Phi) is 7.08. The molecule has 1 aliphatic rings. The minimum Gasteiger partial charge on any atom is -0.326 e. The molecule has 0 saturated carbocycles. The Labute approximate surface area is 152 Å². The van der Waals surface area contributed by atoms with Crippen molar-refractivity contribution in [2.75, 3.05) is 18.4 Å². The number of benzene rings is 1. The Morgan fingerprint density at radius 2 is 2.21 bits per heavy atom. The molecule has 1 unspecified atom stereocenters. The summed E-state index contributed by atoms with van der Waals surface area (Å²) in [6.07, 6.45) is 4.40. The second-order valence-electron chi connectivity index (χ2n) is 5.80. The lowest BCUT2D eigenvalue weighted by Crippen LogP contribution is -2.14. The van der Waals surface area contributed by atoms with Crippen LogP contribution in [-0.4, -0.2) is 33.8 Å². The van der Waals surface area contributed by atoms with Gasteiger partial charge in [0, 0.05) is 24.1 Å². The van der Waals surface area contributed by atoms with Crippen LogP contribution in [0.15, 0.2) is 40.6 Å². The van der Waals surface area contributed by atoms with Gasteiger partial charge >= 0.3 is 0 Å². The molecule has 3 rings (SSSR count). The van der Waals surface area contributed by atoms with Gasteiger partial charge in [-0.2, -0.15) is 0 Å². The average Bonchev–Trinajstić information content (AvgIpc) is 3.20. The molecule has 0 spiro atoms. The minimum atomic E-state index is 0. The molecule has 0 radical (unpaired) electrons. The fourth-order valence-electron chi connectivity index (χ4n) is 2.60. The number of amides is 1. The third kappa shape index (κ3) is 5.22. The van der Waals surface area contributed by atoms with Crippen LogP contribution in [0, 0.1) is 5.92 Å². The van der Waals surface area contributed by atoms with E-state index in [4.69, 9.17) is 0 Å². The number of carbonyl (C=O) groups is 1. The Bertz CT molecular complexity index is 655. The number of carbonyl (C=O) groups excluding carboxylic acids is 1. The molecule has 8 heteroatoms. The number of hydrogen-bond donors (Lipinski definition) is 2. The maximum absolute atomic E-state index is 12.0. The third-order valence-corrected chi connectivity index (χ3v) is 5.02. The zero-order valence-electron chi connectivity index (χ0n) is 13.6. The number of nitrogens with zero attached hydrogens (tertiary/aromatic N) is 3. The van der Waals surface area contributed by atoms with E-state index in [0.717, 1.165) is 35.2 Å². The average molecular weight is 368 g/mol. The summed E-state index contributed by atoms with van der Waals surface area (Å²) in [5.74, 6) is 0.733. The Morgan fingerprint density at radius 1 is 1.42 bits per heavy atom. The molecule has 2 heterocycles. The molecule has 24 heavy (non-hydrogen) atoms. The first kappa shape index (κ1) is 18.8. The van der Waals surface area contributed by atoms with Gasteiger partial charge in [-0.15, -0.1) is 22.6 Å². The van der Waals surface area contributed by atoms with Crippen LogP contribution in [0.4, 0.5) is 5.69 Å². The molecular formula is C16H22ClN5OS. The summed E-state index contributed by atoms with van der Waals surface area (Å²) in [5.41, 5.74) is 0.835. The Hall–Kier alpha value is -1.57. The Balaban J connectivity index is 0.00000208. The van der Waals surface area contributed by atoms with Gasteiger partial charge in [0.2, 0.25) is 5.91 Å². The van der Waals surface area contributed by atoms with Crippen molar-refractivity contribution in [2.24, 2.45) is 13.0 Å². The quantitative estimate of drug-likeness (QED) is 0.821. The predicted molar refractivity (Wildman–Crippen MR) is 97.7 cm³/mol. The SMILES string of the molecule is Cl.Cn1cnnc1Sc1ccc(NC(=O)CCC2CCNC2)cc1. The smallest absolute Gasteiger partial charge is 0.224 e. The zero-order valence-corrected chi connectivity index (χ0v) is 15.2. The lowest BCUT2D eigenvalue weighted by molar-refractivity contribution is -0.116. The van der Waals surface area contributed by atoms with E-state index in [9.17, 15) is 4.79 Å². The molecule has 2 N–H and O–H groups in total. The first-order valence-electron chi connectivity index (χ1n) is 7.83. The van der Waals surface area contributed by atoms with E-state index >= 15 is 0 Å². The first-order chi connectivity index (χ1) is 11.2. The number of aryl methyl sites for hydroxylation is 1. The van der Waals surface area contributed by atoms with E-state index in [1.54, 1.807) is 18.1 Å². The molecule has 1 aromatic heterocycles. The monoisotopic (exact) mass is 367 g/mol. The van der Waals surface area contributed by atoms with E-state index in [1.165, 1.54) is 6.42 Å². The largest absolute Gasteiger partial charge is 0.326 e. The number of aromatic nitrogens is 3. The maximum Gasteiger partial charge on any atom is 0.224 e.